The summed E-state index contributed by atoms with van der Waals surface area (Å²) in [5, 5.41) is -1.07. The Labute approximate surface area is 107 Å². The Kier molecular flexibility index (Phi) is 3.95. The molecule has 1 atom stereocenters. The molecule has 0 aliphatic rings. The van der Waals surface area contributed by atoms with E-state index in [0.29, 0.717) is 11.1 Å². The second-order valence-electron chi connectivity index (χ2n) is 5.16. The maximum Gasteiger partial charge on any atom is 0.324 e. The monoisotopic (exact) mass is 272 g/mol. The van der Waals surface area contributed by atoms with Gasteiger partial charge in [-0.1, -0.05) is 24.3 Å². The predicted octanol–water partition coefficient (Wildman–Crippen LogP) is 1.48. The van der Waals surface area contributed by atoms with Crippen LogP contribution in [0.2, 0.25) is 0 Å². The molecule has 18 heavy (non-hydrogen) atoms. The van der Waals surface area contributed by atoms with Crippen molar-refractivity contribution < 1.29 is 22.2 Å². The van der Waals surface area contributed by atoms with Crippen molar-refractivity contribution in [3.63, 3.8) is 0 Å². The molecule has 1 rings (SSSR count). The molecule has 6 heteroatoms. The SMILES string of the molecule is CC(=O)c1ccc(C([N+](C)(C)C)S(=O)(=O)O)cc1. The van der Waals surface area contributed by atoms with E-state index in [4.69, 9.17) is 0 Å². The maximum absolute atomic E-state index is 11.5. The first-order chi connectivity index (χ1) is 8.03. The van der Waals surface area contributed by atoms with Gasteiger partial charge in [-0.15, -0.1) is 0 Å². The maximum atomic E-state index is 11.5. The number of nitrogens with zero attached hydrogens (tertiary/aromatic N) is 1. The van der Waals surface area contributed by atoms with Crippen molar-refractivity contribution >= 4 is 15.9 Å². The zero-order valence-electron chi connectivity index (χ0n) is 10.9. The van der Waals surface area contributed by atoms with Gasteiger partial charge in [0.05, 0.1) is 21.1 Å². The van der Waals surface area contributed by atoms with E-state index in [0.717, 1.165) is 0 Å². The molecule has 1 aromatic rings. The Morgan fingerprint density at radius 2 is 1.61 bits per heavy atom. The zero-order valence-corrected chi connectivity index (χ0v) is 11.7. The topological polar surface area (TPSA) is 71.4 Å². The smallest absolute Gasteiger partial charge is 0.310 e. The van der Waals surface area contributed by atoms with Crippen LogP contribution >= 0.6 is 0 Å². The number of rotatable bonds is 4. The molecule has 1 unspecified atom stereocenters. The number of ketones is 1. The van der Waals surface area contributed by atoms with Gasteiger partial charge in [0, 0.05) is 11.1 Å². The molecule has 5 nitrogen and oxygen atoms in total. The molecule has 100 valence electrons. The minimum Gasteiger partial charge on any atom is -0.310 e. The van der Waals surface area contributed by atoms with Gasteiger partial charge in [-0.05, 0) is 6.92 Å². The molecular formula is C12H18NO4S+. The molecule has 0 heterocycles. The summed E-state index contributed by atoms with van der Waals surface area (Å²) in [5.74, 6) is -0.0878. The van der Waals surface area contributed by atoms with E-state index in [-0.39, 0.29) is 10.3 Å². The molecule has 0 spiro atoms. The minimum atomic E-state index is -4.22. The summed E-state index contributed by atoms with van der Waals surface area (Å²) in [6.45, 7) is 1.44. The van der Waals surface area contributed by atoms with Crippen LogP contribution in [0.3, 0.4) is 0 Å². The summed E-state index contributed by atoms with van der Waals surface area (Å²) in [7, 11) is 0.812. The van der Waals surface area contributed by atoms with Crippen molar-refractivity contribution in [1.29, 1.82) is 0 Å². The number of carbonyl (C=O) groups excluding carboxylic acids is 1. The van der Waals surface area contributed by atoms with Gasteiger partial charge in [-0.3, -0.25) is 9.35 Å². The van der Waals surface area contributed by atoms with Gasteiger partial charge in [0.15, 0.2) is 5.78 Å². The molecule has 0 aromatic heterocycles. The van der Waals surface area contributed by atoms with Crippen LogP contribution in [0.5, 0.6) is 0 Å². The van der Waals surface area contributed by atoms with Gasteiger partial charge in [0.2, 0.25) is 5.37 Å². The number of carbonyl (C=O) groups is 1. The van der Waals surface area contributed by atoms with E-state index < -0.39 is 15.5 Å². The lowest BCUT2D eigenvalue weighted by atomic mass is 10.1. The van der Waals surface area contributed by atoms with Crippen LogP contribution in [0.1, 0.15) is 28.2 Å². The molecule has 0 saturated carbocycles. The third kappa shape index (κ3) is 3.38. The normalized spacial score (nSPS) is 14.3. The van der Waals surface area contributed by atoms with Crippen molar-refractivity contribution in [1.82, 2.24) is 0 Å². The highest BCUT2D eigenvalue weighted by Gasteiger charge is 2.37. The number of quaternary nitrogens is 1. The quantitative estimate of drug-likeness (QED) is 0.512. The Bertz CT molecular complexity index is 540. The third-order valence-electron chi connectivity index (χ3n) is 2.59. The van der Waals surface area contributed by atoms with Gasteiger partial charge < -0.3 is 4.48 Å². The Morgan fingerprint density at radius 1 is 1.17 bits per heavy atom. The van der Waals surface area contributed by atoms with Gasteiger partial charge in [0.1, 0.15) is 0 Å². The fourth-order valence-corrected chi connectivity index (χ4v) is 3.20. The molecule has 0 saturated heterocycles. The highest BCUT2D eigenvalue weighted by Crippen LogP contribution is 2.28. The summed E-state index contributed by atoms with van der Waals surface area (Å²) in [4.78, 5) is 11.1. The van der Waals surface area contributed by atoms with Crippen LogP contribution in [-0.2, 0) is 10.1 Å². The molecule has 0 radical (unpaired) electrons. The van der Waals surface area contributed by atoms with Crippen molar-refractivity contribution in [2.75, 3.05) is 21.1 Å². The standard InChI is InChI=1S/C12H17NO4S/c1-9(14)10-5-7-11(8-6-10)12(13(2,3)4)18(15,16)17/h5-8,12H,1-4H3/p+1. The largest absolute Gasteiger partial charge is 0.324 e. The first-order valence-electron chi connectivity index (χ1n) is 5.42. The van der Waals surface area contributed by atoms with Crippen LogP contribution in [0.25, 0.3) is 0 Å². The minimum absolute atomic E-state index is 0.0399. The lowest BCUT2D eigenvalue weighted by Gasteiger charge is -2.31. The summed E-state index contributed by atoms with van der Waals surface area (Å²) >= 11 is 0. The van der Waals surface area contributed by atoms with E-state index in [1.807, 2.05) is 0 Å². The summed E-state index contributed by atoms with van der Waals surface area (Å²) in [6.07, 6.45) is 0. The van der Waals surface area contributed by atoms with E-state index in [9.17, 15) is 17.8 Å². The van der Waals surface area contributed by atoms with Gasteiger partial charge in [-0.2, -0.15) is 8.42 Å². The molecule has 0 amide bonds. The highest BCUT2D eigenvalue weighted by molar-refractivity contribution is 7.85. The molecule has 0 aliphatic heterocycles. The second kappa shape index (κ2) is 4.79. The fourth-order valence-electron chi connectivity index (χ4n) is 1.90. The number of hydrogen-bond acceptors (Lipinski definition) is 3. The Balaban J connectivity index is 3.28. The van der Waals surface area contributed by atoms with Crippen LogP contribution in [-0.4, -0.2) is 44.4 Å². The predicted molar refractivity (Wildman–Crippen MR) is 68.8 cm³/mol. The van der Waals surface area contributed by atoms with Crippen LogP contribution in [0, 0.1) is 0 Å². The molecule has 1 aromatic carbocycles. The van der Waals surface area contributed by atoms with Crippen molar-refractivity contribution in [2.24, 2.45) is 0 Å². The van der Waals surface area contributed by atoms with Crippen molar-refractivity contribution in [3.8, 4) is 0 Å². The van der Waals surface area contributed by atoms with Crippen molar-refractivity contribution in [3.05, 3.63) is 35.4 Å². The van der Waals surface area contributed by atoms with Gasteiger partial charge in [0.25, 0.3) is 0 Å². The van der Waals surface area contributed by atoms with E-state index in [1.165, 1.54) is 6.92 Å². The lowest BCUT2D eigenvalue weighted by Crippen LogP contribution is -2.42. The average molecular weight is 272 g/mol. The van der Waals surface area contributed by atoms with Gasteiger partial charge in [-0.25, -0.2) is 0 Å². The summed E-state index contributed by atoms with van der Waals surface area (Å²) in [5.41, 5.74) is 0.962. The molecule has 0 fully saturated rings. The zero-order chi connectivity index (χ0) is 14.1. The summed E-state index contributed by atoms with van der Waals surface area (Å²) < 4.78 is 32.3. The molecule has 1 N–H and O–H groups in total. The van der Waals surface area contributed by atoms with E-state index in [1.54, 1.807) is 45.4 Å². The number of benzene rings is 1. The molecular weight excluding hydrogens is 254 g/mol. The Morgan fingerprint density at radius 3 is 1.89 bits per heavy atom. The van der Waals surface area contributed by atoms with E-state index >= 15 is 0 Å². The number of hydrogen-bond donors (Lipinski definition) is 1. The van der Waals surface area contributed by atoms with Gasteiger partial charge >= 0.3 is 10.1 Å². The van der Waals surface area contributed by atoms with Crippen LogP contribution in [0.4, 0.5) is 0 Å². The Hall–Kier alpha value is -1.24. The first kappa shape index (κ1) is 14.8. The van der Waals surface area contributed by atoms with Crippen LogP contribution < -0.4 is 0 Å². The average Bonchev–Trinajstić information content (AvgIpc) is 2.13. The van der Waals surface area contributed by atoms with Crippen molar-refractivity contribution in [2.45, 2.75) is 12.3 Å². The molecule has 0 bridgehead atoms. The van der Waals surface area contributed by atoms with E-state index in [2.05, 4.69) is 0 Å². The summed E-state index contributed by atoms with van der Waals surface area (Å²) in [6, 6.07) is 6.23. The number of Topliss-reactive ketones (excluding diaryl/α,β-unsaturated/α-hetero) is 1. The fraction of sp³-hybridized carbons (Fsp3) is 0.417. The third-order valence-corrected chi connectivity index (χ3v) is 4.06. The van der Waals surface area contributed by atoms with Crippen LogP contribution in [0.15, 0.2) is 24.3 Å². The lowest BCUT2D eigenvalue weighted by molar-refractivity contribution is -0.887. The molecule has 0 aliphatic carbocycles. The highest BCUT2D eigenvalue weighted by atomic mass is 32.2. The second-order valence-corrected chi connectivity index (χ2v) is 6.64. The first-order valence-corrected chi connectivity index (χ1v) is 6.92.